The summed E-state index contributed by atoms with van der Waals surface area (Å²) in [4.78, 5) is 0. The third-order valence-electron chi connectivity index (χ3n) is 7.61. The molecule has 0 amide bonds. The van der Waals surface area contributed by atoms with Crippen molar-refractivity contribution in [2.24, 2.45) is 17.3 Å². The number of rotatable bonds is 4. The van der Waals surface area contributed by atoms with E-state index in [-0.39, 0.29) is 17.2 Å². The van der Waals surface area contributed by atoms with Gasteiger partial charge in [0.15, 0.2) is 0 Å². The van der Waals surface area contributed by atoms with Gasteiger partial charge in [-0.2, -0.15) is 8.42 Å². The number of benzene rings is 1. The van der Waals surface area contributed by atoms with E-state index < -0.39 is 10.3 Å². The van der Waals surface area contributed by atoms with Crippen molar-refractivity contribution in [1.82, 2.24) is 0 Å². The summed E-state index contributed by atoms with van der Waals surface area (Å²) in [5, 5.41) is 10.7. The molecule has 2 saturated carbocycles. The minimum atomic E-state index is -4.35. The number of aliphatic hydroxyl groups is 1. The van der Waals surface area contributed by atoms with Crippen molar-refractivity contribution in [1.29, 1.82) is 0 Å². The Morgan fingerprint density at radius 1 is 1.26 bits per heavy atom. The number of fused-ring (bicyclic) bond motifs is 5. The molecular formula is C20H29NO5S. The predicted octanol–water partition coefficient (Wildman–Crippen LogP) is 3.52. The Hall–Kier alpha value is -1.31. The summed E-state index contributed by atoms with van der Waals surface area (Å²) in [6, 6.07) is 3.76. The molecule has 27 heavy (non-hydrogen) atoms. The molecule has 5 atom stereocenters. The maximum atomic E-state index is 11.3. The van der Waals surface area contributed by atoms with Crippen LogP contribution in [0, 0.1) is 17.3 Å². The average Bonchev–Trinajstić information content (AvgIpc) is 2.96. The fraction of sp³-hybridized carbons (Fsp3) is 0.700. The monoisotopic (exact) mass is 395 g/mol. The van der Waals surface area contributed by atoms with Gasteiger partial charge in [-0.3, -0.25) is 9.27 Å². The molecule has 0 bridgehead atoms. The highest BCUT2D eigenvalue weighted by Gasteiger charge is 2.56. The fourth-order valence-electron chi connectivity index (χ4n) is 6.45. The van der Waals surface area contributed by atoms with E-state index in [1.807, 2.05) is 12.1 Å². The first-order valence-corrected chi connectivity index (χ1v) is 11.4. The van der Waals surface area contributed by atoms with Crippen LogP contribution in [0.4, 0.5) is 5.69 Å². The van der Waals surface area contributed by atoms with Gasteiger partial charge >= 0.3 is 10.3 Å². The molecule has 3 N–H and O–H groups in total. The fourth-order valence-corrected chi connectivity index (χ4v) is 6.88. The number of aryl methyl sites for hydroxylation is 1. The average molecular weight is 396 g/mol. The summed E-state index contributed by atoms with van der Waals surface area (Å²) < 4.78 is 39.2. The lowest BCUT2D eigenvalue weighted by atomic mass is 9.54. The quantitative estimate of drug-likeness (QED) is 0.678. The third kappa shape index (κ3) is 3.04. The highest BCUT2D eigenvalue weighted by molar-refractivity contribution is 7.87. The second-order valence-corrected chi connectivity index (χ2v) is 9.62. The zero-order valence-corrected chi connectivity index (χ0v) is 16.8. The van der Waals surface area contributed by atoms with Crippen LogP contribution in [0.5, 0.6) is 5.75 Å². The van der Waals surface area contributed by atoms with Gasteiger partial charge in [0.25, 0.3) is 0 Å². The van der Waals surface area contributed by atoms with Gasteiger partial charge in [-0.05, 0) is 91.4 Å². The molecular weight excluding hydrogens is 366 g/mol. The van der Waals surface area contributed by atoms with Crippen LogP contribution in [0.25, 0.3) is 0 Å². The normalized spacial score (nSPS) is 35.1. The van der Waals surface area contributed by atoms with Gasteiger partial charge < -0.3 is 9.84 Å². The topological polar surface area (TPSA) is 95.9 Å². The maximum Gasteiger partial charge on any atom is 0.357 e. The van der Waals surface area contributed by atoms with Crippen molar-refractivity contribution in [3.8, 4) is 5.75 Å². The smallest absolute Gasteiger partial charge is 0.357 e. The van der Waals surface area contributed by atoms with Crippen LogP contribution in [0.2, 0.25) is 0 Å². The van der Waals surface area contributed by atoms with Crippen molar-refractivity contribution in [2.75, 3.05) is 11.8 Å². The Kier molecular flexibility index (Phi) is 4.68. The summed E-state index contributed by atoms with van der Waals surface area (Å²) in [5.41, 5.74) is 2.74. The van der Waals surface area contributed by atoms with E-state index in [0.29, 0.717) is 23.5 Å². The number of nitrogens with one attached hydrogen (secondary N) is 1. The molecule has 0 heterocycles. The first-order chi connectivity index (χ1) is 12.8. The largest absolute Gasteiger partial charge is 0.495 e. The molecule has 2 fully saturated rings. The summed E-state index contributed by atoms with van der Waals surface area (Å²) >= 11 is 0. The lowest BCUT2D eigenvalue weighted by Crippen LogP contribution is -2.45. The number of anilines is 1. The van der Waals surface area contributed by atoms with E-state index in [4.69, 9.17) is 9.29 Å². The summed E-state index contributed by atoms with van der Waals surface area (Å²) in [7, 11) is -2.84. The van der Waals surface area contributed by atoms with E-state index in [0.717, 1.165) is 50.5 Å². The molecule has 4 rings (SSSR count). The van der Waals surface area contributed by atoms with E-state index in [9.17, 15) is 13.5 Å². The molecule has 1 aromatic rings. The summed E-state index contributed by atoms with van der Waals surface area (Å²) in [5.74, 6) is 1.99. The zero-order valence-electron chi connectivity index (χ0n) is 15.9. The van der Waals surface area contributed by atoms with E-state index in [1.54, 1.807) is 0 Å². The Labute approximate surface area is 161 Å². The standard InChI is InChI=1S/C20H29NO5S/c1-3-20-9-8-13-14(16(20)6-7-19(20)22)5-4-12-10-17(21-27(23,24)25)18(26-2)11-15(12)13/h10-11,13-14,16,19,21-22H,3-9H2,1-2H3,(H,23,24,25)/t13-,14+,16-,19-,20-/m0/s1. The first-order valence-electron chi connectivity index (χ1n) is 9.93. The Bertz CT molecular complexity index is 839. The lowest BCUT2D eigenvalue weighted by Gasteiger charge is -2.51. The van der Waals surface area contributed by atoms with E-state index in [1.165, 1.54) is 12.7 Å². The molecule has 150 valence electrons. The number of hydrogen-bond acceptors (Lipinski definition) is 4. The number of hydrogen-bond donors (Lipinski definition) is 3. The van der Waals surface area contributed by atoms with Gasteiger partial charge in [0.1, 0.15) is 5.75 Å². The second-order valence-electron chi connectivity index (χ2n) is 8.46. The second kappa shape index (κ2) is 6.64. The first kappa shape index (κ1) is 19.0. The van der Waals surface area contributed by atoms with E-state index in [2.05, 4.69) is 11.6 Å². The van der Waals surface area contributed by atoms with Gasteiger partial charge in [0.2, 0.25) is 0 Å². The lowest BCUT2D eigenvalue weighted by molar-refractivity contribution is -0.0394. The van der Waals surface area contributed by atoms with Crippen LogP contribution in [-0.2, 0) is 16.7 Å². The van der Waals surface area contributed by atoms with Crippen molar-refractivity contribution in [3.05, 3.63) is 23.3 Å². The summed E-state index contributed by atoms with van der Waals surface area (Å²) in [6.45, 7) is 2.22. The third-order valence-corrected chi connectivity index (χ3v) is 8.09. The van der Waals surface area contributed by atoms with Gasteiger partial charge in [-0.15, -0.1) is 0 Å². The highest BCUT2D eigenvalue weighted by atomic mass is 32.2. The Morgan fingerprint density at radius 3 is 2.70 bits per heavy atom. The SMILES string of the molecule is CC[C@]12CC[C@@H]3c4cc(OC)c(NS(=O)(=O)O)cc4CC[C@H]3[C@@H]1CC[C@@H]2O. The molecule has 7 heteroatoms. The molecule has 0 spiro atoms. The molecule has 1 aromatic carbocycles. The number of ether oxygens (including phenoxy) is 1. The number of aliphatic hydroxyl groups excluding tert-OH is 1. The van der Waals surface area contributed by atoms with E-state index >= 15 is 0 Å². The van der Waals surface area contributed by atoms with Crippen molar-refractivity contribution in [3.63, 3.8) is 0 Å². The van der Waals surface area contributed by atoms with Crippen LogP contribution < -0.4 is 9.46 Å². The Morgan fingerprint density at radius 2 is 2.04 bits per heavy atom. The van der Waals surface area contributed by atoms with Crippen LogP contribution >= 0.6 is 0 Å². The molecule has 0 aromatic heterocycles. The highest BCUT2D eigenvalue weighted by Crippen LogP contribution is 2.62. The van der Waals surface area contributed by atoms with Crippen LogP contribution in [0.15, 0.2) is 12.1 Å². The van der Waals surface area contributed by atoms with Gasteiger partial charge in [0, 0.05) is 0 Å². The van der Waals surface area contributed by atoms with Crippen molar-refractivity contribution >= 4 is 16.0 Å². The van der Waals surface area contributed by atoms with Crippen LogP contribution in [0.3, 0.4) is 0 Å². The van der Waals surface area contributed by atoms with Crippen LogP contribution in [0.1, 0.15) is 62.5 Å². The molecule has 0 radical (unpaired) electrons. The van der Waals surface area contributed by atoms with Gasteiger partial charge in [0.05, 0.1) is 18.9 Å². The molecule has 3 aliphatic rings. The van der Waals surface area contributed by atoms with Crippen molar-refractivity contribution in [2.45, 2.75) is 63.9 Å². The summed E-state index contributed by atoms with van der Waals surface area (Å²) in [6.07, 6.45) is 6.92. The molecule has 0 unspecified atom stereocenters. The molecule has 3 aliphatic carbocycles. The zero-order chi connectivity index (χ0) is 19.4. The molecule has 0 aliphatic heterocycles. The van der Waals surface area contributed by atoms with Crippen LogP contribution in [-0.4, -0.2) is 31.3 Å². The maximum absolute atomic E-state index is 11.3. The van der Waals surface area contributed by atoms with Crippen molar-refractivity contribution < 1.29 is 22.8 Å². The minimum absolute atomic E-state index is 0.0786. The predicted molar refractivity (Wildman–Crippen MR) is 103 cm³/mol. The Balaban J connectivity index is 1.70. The van der Waals surface area contributed by atoms with Gasteiger partial charge in [-0.1, -0.05) is 6.92 Å². The molecule has 6 nitrogen and oxygen atoms in total. The van der Waals surface area contributed by atoms with Gasteiger partial charge in [-0.25, -0.2) is 0 Å². The molecule has 0 saturated heterocycles. The minimum Gasteiger partial charge on any atom is -0.495 e. The number of methoxy groups -OCH3 is 1.